The van der Waals surface area contributed by atoms with E-state index in [-0.39, 0.29) is 0 Å². The van der Waals surface area contributed by atoms with Gasteiger partial charge in [0.15, 0.2) is 5.82 Å². The lowest BCUT2D eigenvalue weighted by atomic mass is 9.96. The first-order valence-corrected chi connectivity index (χ1v) is 21.5. The molecule has 3 heterocycles. The molecule has 12 rings (SSSR count). The Kier molecular flexibility index (Phi) is 8.81. The van der Waals surface area contributed by atoms with Crippen LogP contribution in [0.4, 0.5) is 0 Å². The van der Waals surface area contributed by atoms with Gasteiger partial charge >= 0.3 is 0 Å². The van der Waals surface area contributed by atoms with Crippen molar-refractivity contribution in [3.63, 3.8) is 0 Å². The van der Waals surface area contributed by atoms with Crippen LogP contribution in [0.5, 0.6) is 0 Å². The maximum absolute atomic E-state index is 10.2. The van der Waals surface area contributed by atoms with E-state index in [1.54, 1.807) is 0 Å². The smallest absolute Gasteiger partial charge is 0.162 e. The molecule has 0 unspecified atom stereocenters. The molecule has 0 fully saturated rings. The summed E-state index contributed by atoms with van der Waals surface area (Å²) in [5.41, 5.74) is 15.9. The molecule has 3 aromatic heterocycles. The lowest BCUT2D eigenvalue weighted by Crippen LogP contribution is -2.02. The minimum absolute atomic E-state index is 0.537. The third-order valence-corrected chi connectivity index (χ3v) is 12.4. The first kappa shape index (κ1) is 37.0. The van der Waals surface area contributed by atoms with Crippen LogP contribution >= 0.6 is 0 Å². The quantitative estimate of drug-likeness (QED) is 0.161. The summed E-state index contributed by atoms with van der Waals surface area (Å²) in [5, 5.41) is 15.0. The minimum Gasteiger partial charge on any atom is -0.309 e. The van der Waals surface area contributed by atoms with Gasteiger partial charge < -0.3 is 9.13 Å². The van der Waals surface area contributed by atoms with Gasteiger partial charge in [-0.05, 0) is 83.4 Å². The molecule has 0 bridgehead atoms. The van der Waals surface area contributed by atoms with Crippen molar-refractivity contribution in [2.24, 2.45) is 0 Å². The van der Waals surface area contributed by atoms with Crippen molar-refractivity contribution < 1.29 is 0 Å². The number of benzene rings is 9. The van der Waals surface area contributed by atoms with E-state index in [9.17, 15) is 5.26 Å². The van der Waals surface area contributed by atoms with E-state index in [2.05, 4.69) is 179 Å². The monoisotopic (exact) mass is 815 g/mol. The molecule has 9 aromatic carbocycles. The highest BCUT2D eigenvalue weighted by Gasteiger charge is 2.21. The number of hydrogen-bond acceptors (Lipinski definition) is 3. The van der Waals surface area contributed by atoms with Gasteiger partial charge in [0.25, 0.3) is 0 Å². The Balaban J connectivity index is 1.05. The summed E-state index contributed by atoms with van der Waals surface area (Å²) in [6, 6.07) is 80.9. The van der Waals surface area contributed by atoms with Gasteiger partial charge in [0.1, 0.15) is 0 Å². The van der Waals surface area contributed by atoms with Gasteiger partial charge in [0.05, 0.1) is 56.5 Å². The molecule has 0 aliphatic carbocycles. The zero-order valence-electron chi connectivity index (χ0n) is 34.6. The van der Waals surface area contributed by atoms with Gasteiger partial charge in [-0.1, -0.05) is 158 Å². The number of hydrogen-bond donors (Lipinski definition) is 0. The van der Waals surface area contributed by atoms with Gasteiger partial charge in [-0.15, -0.1) is 0 Å². The minimum atomic E-state index is 0.537. The highest BCUT2D eigenvalue weighted by atomic mass is 15.0. The van der Waals surface area contributed by atoms with E-state index in [0.29, 0.717) is 11.4 Å². The molecule has 0 aliphatic rings. The zero-order chi connectivity index (χ0) is 42.6. The first-order chi connectivity index (χ1) is 31.7. The standard InChI is InChI=1S/C59H37N5/c60-38-39-28-31-58(50(34-39)59-61-51(41-18-6-2-7-19-41)37-52(62-59)42-20-8-3-9-21-42)64-55-27-15-12-24-47(55)49-36-44(30-33-57(49)64)43-29-32-56(48(35-43)40-16-4-1-5-17-40)63-53-25-13-10-22-45(53)46-23-11-14-26-54(46)63/h1-37H. The van der Waals surface area contributed by atoms with Crippen LogP contribution in [0.25, 0.3) is 111 Å². The summed E-state index contributed by atoms with van der Waals surface area (Å²) in [4.78, 5) is 10.4. The van der Waals surface area contributed by atoms with Crippen LogP contribution in [0.3, 0.4) is 0 Å². The highest BCUT2D eigenvalue weighted by molar-refractivity contribution is 6.12. The van der Waals surface area contributed by atoms with Gasteiger partial charge in [-0.3, -0.25) is 0 Å². The molecule has 0 aliphatic heterocycles. The van der Waals surface area contributed by atoms with Crippen LogP contribution in [0.15, 0.2) is 224 Å². The summed E-state index contributed by atoms with van der Waals surface area (Å²) in [7, 11) is 0. The van der Waals surface area contributed by atoms with E-state index in [1.165, 1.54) is 21.8 Å². The van der Waals surface area contributed by atoms with Gasteiger partial charge in [-0.2, -0.15) is 5.26 Å². The predicted octanol–water partition coefficient (Wildman–Crippen LogP) is 14.9. The van der Waals surface area contributed by atoms with Crippen molar-refractivity contribution in [3.8, 4) is 73.6 Å². The maximum atomic E-state index is 10.2. The van der Waals surface area contributed by atoms with E-state index in [1.807, 2.05) is 60.7 Å². The largest absolute Gasteiger partial charge is 0.309 e. The lowest BCUT2D eigenvalue weighted by molar-refractivity contribution is 1.14. The van der Waals surface area contributed by atoms with Crippen molar-refractivity contribution >= 4 is 43.6 Å². The predicted molar refractivity (Wildman–Crippen MR) is 263 cm³/mol. The molecule has 5 nitrogen and oxygen atoms in total. The summed E-state index contributed by atoms with van der Waals surface area (Å²) in [6.45, 7) is 0. The fourth-order valence-electron chi connectivity index (χ4n) is 9.41. The molecule has 0 atom stereocenters. The Morgan fingerprint density at radius 2 is 0.766 bits per heavy atom. The lowest BCUT2D eigenvalue weighted by Gasteiger charge is -2.17. The number of para-hydroxylation sites is 3. The van der Waals surface area contributed by atoms with Crippen LogP contribution in [0, 0.1) is 11.3 Å². The maximum Gasteiger partial charge on any atom is 0.162 e. The Hall–Kier alpha value is -8.85. The summed E-state index contributed by atoms with van der Waals surface area (Å²) in [5.74, 6) is 0.548. The third-order valence-electron chi connectivity index (χ3n) is 12.4. The SMILES string of the molecule is N#Cc1ccc(-n2c3ccccc3c3cc(-c4ccc(-n5c6ccccc6c6ccccc65)c(-c5ccccc5)c4)ccc32)c(-c2nc(-c3ccccc3)cc(-c3ccccc3)n2)c1. The molecule has 64 heavy (non-hydrogen) atoms. The van der Waals surface area contributed by atoms with Crippen LogP contribution in [0.1, 0.15) is 5.56 Å². The average molecular weight is 816 g/mol. The van der Waals surface area contributed by atoms with Crippen molar-refractivity contribution in [2.45, 2.75) is 0 Å². The Labute approximate surface area is 370 Å². The van der Waals surface area contributed by atoms with Gasteiger partial charge in [0, 0.05) is 43.8 Å². The molecular weight excluding hydrogens is 779 g/mol. The number of nitriles is 1. The number of fused-ring (bicyclic) bond motifs is 6. The van der Waals surface area contributed by atoms with E-state index in [0.717, 1.165) is 83.5 Å². The van der Waals surface area contributed by atoms with Crippen LogP contribution in [0.2, 0.25) is 0 Å². The molecule has 0 amide bonds. The molecule has 298 valence electrons. The topological polar surface area (TPSA) is 59.4 Å². The molecule has 0 spiro atoms. The number of aromatic nitrogens is 4. The average Bonchev–Trinajstić information content (AvgIpc) is 3.89. The second-order valence-electron chi connectivity index (χ2n) is 16.1. The van der Waals surface area contributed by atoms with Crippen molar-refractivity contribution in [1.82, 2.24) is 19.1 Å². The molecule has 0 radical (unpaired) electrons. The summed E-state index contributed by atoms with van der Waals surface area (Å²) in [6.07, 6.45) is 0. The van der Waals surface area contributed by atoms with E-state index < -0.39 is 0 Å². The number of rotatable bonds is 7. The molecule has 12 aromatic rings. The number of nitrogens with zero attached hydrogens (tertiary/aromatic N) is 5. The van der Waals surface area contributed by atoms with Crippen molar-refractivity contribution in [1.29, 1.82) is 5.26 Å². The van der Waals surface area contributed by atoms with Crippen LogP contribution in [-0.4, -0.2) is 19.1 Å². The van der Waals surface area contributed by atoms with Crippen LogP contribution < -0.4 is 0 Å². The van der Waals surface area contributed by atoms with Crippen LogP contribution in [-0.2, 0) is 0 Å². The van der Waals surface area contributed by atoms with Gasteiger partial charge in [0.2, 0.25) is 0 Å². The molecule has 0 saturated carbocycles. The fourth-order valence-corrected chi connectivity index (χ4v) is 9.41. The summed E-state index contributed by atoms with van der Waals surface area (Å²) >= 11 is 0. The highest BCUT2D eigenvalue weighted by Crippen LogP contribution is 2.41. The third kappa shape index (κ3) is 6.16. The zero-order valence-corrected chi connectivity index (χ0v) is 34.6. The van der Waals surface area contributed by atoms with Crippen molar-refractivity contribution in [2.75, 3.05) is 0 Å². The molecule has 5 heteroatoms. The van der Waals surface area contributed by atoms with Crippen molar-refractivity contribution in [3.05, 3.63) is 230 Å². The Bertz CT molecular complexity index is 3670. The fraction of sp³-hybridized carbons (Fsp3) is 0. The summed E-state index contributed by atoms with van der Waals surface area (Å²) < 4.78 is 4.71. The molecule has 0 saturated heterocycles. The van der Waals surface area contributed by atoms with Gasteiger partial charge in [-0.25, -0.2) is 9.97 Å². The van der Waals surface area contributed by atoms with E-state index in [4.69, 9.17) is 9.97 Å². The van der Waals surface area contributed by atoms with E-state index >= 15 is 0 Å². The molecule has 0 N–H and O–H groups in total. The Morgan fingerprint density at radius 1 is 0.328 bits per heavy atom. The second kappa shape index (κ2) is 15.3. The Morgan fingerprint density at radius 3 is 1.33 bits per heavy atom. The second-order valence-corrected chi connectivity index (χ2v) is 16.1. The first-order valence-electron chi connectivity index (χ1n) is 21.5. The normalized spacial score (nSPS) is 11.4. The molecular formula is C59H37N5.